The lowest BCUT2D eigenvalue weighted by Gasteiger charge is -2.26. The highest BCUT2D eigenvalue weighted by atomic mass is 32.2. The monoisotopic (exact) mass is 446 g/mol. The first-order chi connectivity index (χ1) is 15.6. The summed E-state index contributed by atoms with van der Waals surface area (Å²) in [6.45, 7) is 1.44. The normalized spacial score (nSPS) is 15.1. The Bertz CT molecular complexity index is 1370. The fourth-order valence-electron chi connectivity index (χ4n) is 4.04. The van der Waals surface area contributed by atoms with Crippen molar-refractivity contribution in [3.63, 3.8) is 0 Å². The van der Waals surface area contributed by atoms with Crippen molar-refractivity contribution in [1.29, 1.82) is 0 Å². The van der Waals surface area contributed by atoms with Crippen LogP contribution in [0.1, 0.15) is 16.1 Å². The van der Waals surface area contributed by atoms with Crippen molar-refractivity contribution in [2.75, 3.05) is 26.3 Å². The van der Waals surface area contributed by atoms with Crippen LogP contribution in [0.5, 0.6) is 0 Å². The van der Waals surface area contributed by atoms with Crippen LogP contribution in [0.25, 0.3) is 16.6 Å². The minimum absolute atomic E-state index is 0.162. The molecule has 3 heterocycles. The number of rotatable bonds is 5. The lowest BCUT2D eigenvalue weighted by Crippen LogP contribution is -2.40. The molecule has 0 bridgehead atoms. The van der Waals surface area contributed by atoms with E-state index in [9.17, 15) is 13.2 Å². The highest BCUT2D eigenvalue weighted by Crippen LogP contribution is 2.30. The first-order valence-corrected chi connectivity index (χ1v) is 11.9. The van der Waals surface area contributed by atoms with Gasteiger partial charge in [0, 0.05) is 35.9 Å². The fourth-order valence-corrected chi connectivity index (χ4v) is 5.45. The van der Waals surface area contributed by atoms with Gasteiger partial charge in [-0.1, -0.05) is 36.4 Å². The van der Waals surface area contributed by atoms with E-state index in [-0.39, 0.29) is 10.7 Å². The second kappa shape index (κ2) is 8.35. The van der Waals surface area contributed by atoms with Crippen LogP contribution >= 0.6 is 0 Å². The molecule has 0 radical (unpaired) electrons. The molecule has 0 N–H and O–H groups in total. The van der Waals surface area contributed by atoms with Crippen molar-refractivity contribution >= 4 is 21.3 Å². The van der Waals surface area contributed by atoms with Crippen molar-refractivity contribution in [2.24, 2.45) is 0 Å². The molecule has 0 unspecified atom stereocenters. The minimum atomic E-state index is -3.61. The number of nitrogens with zero attached hydrogens (tertiary/aromatic N) is 2. The number of carbonyl (C=O) groups is 1. The smallest absolute Gasteiger partial charge is 0.243 e. The van der Waals surface area contributed by atoms with Gasteiger partial charge in [-0.2, -0.15) is 4.31 Å². The zero-order chi connectivity index (χ0) is 22.1. The molecule has 0 saturated carbocycles. The third kappa shape index (κ3) is 3.64. The molecule has 4 aromatic rings. The third-order valence-electron chi connectivity index (χ3n) is 5.70. The van der Waals surface area contributed by atoms with Crippen LogP contribution in [0.4, 0.5) is 0 Å². The predicted molar refractivity (Wildman–Crippen MR) is 122 cm³/mol. The SMILES string of the molecule is O=C(c1ccc(S(=O)(=O)N2CCOCC2)cc1)c1c(-c2ccccc2)cc2ccccn12. The van der Waals surface area contributed by atoms with E-state index in [4.69, 9.17) is 4.74 Å². The van der Waals surface area contributed by atoms with E-state index in [2.05, 4.69) is 0 Å². The summed E-state index contributed by atoms with van der Waals surface area (Å²) in [4.78, 5) is 13.8. The molecule has 32 heavy (non-hydrogen) atoms. The maximum Gasteiger partial charge on any atom is 0.243 e. The molecule has 2 aromatic heterocycles. The molecule has 162 valence electrons. The number of benzene rings is 2. The molecule has 5 rings (SSSR count). The predicted octanol–water partition coefficient (Wildman–Crippen LogP) is 3.86. The zero-order valence-electron chi connectivity index (χ0n) is 17.3. The molecule has 0 amide bonds. The Morgan fingerprint density at radius 1 is 0.844 bits per heavy atom. The standard InChI is InChI=1S/C25H22N2O4S/c28-25(20-9-11-22(12-10-20)32(29,30)26-14-16-31-17-15-26)24-23(19-6-2-1-3-7-19)18-21-8-4-5-13-27(21)24/h1-13,18H,14-17H2. The molecule has 2 aromatic carbocycles. The van der Waals surface area contributed by atoms with Gasteiger partial charge >= 0.3 is 0 Å². The number of ketones is 1. The summed E-state index contributed by atoms with van der Waals surface area (Å²) in [6, 6.07) is 23.8. The highest BCUT2D eigenvalue weighted by Gasteiger charge is 2.27. The number of morpholine rings is 1. The average Bonchev–Trinajstić information content (AvgIpc) is 3.24. The molecular formula is C25H22N2O4S. The van der Waals surface area contributed by atoms with Crippen molar-refractivity contribution < 1.29 is 17.9 Å². The lowest BCUT2D eigenvalue weighted by atomic mass is 10.0. The van der Waals surface area contributed by atoms with E-state index in [1.165, 1.54) is 16.4 Å². The van der Waals surface area contributed by atoms with Gasteiger partial charge in [0.25, 0.3) is 0 Å². The summed E-state index contributed by atoms with van der Waals surface area (Å²) < 4.78 is 34.3. The Kier molecular flexibility index (Phi) is 5.38. The summed E-state index contributed by atoms with van der Waals surface area (Å²) in [5, 5.41) is 0. The van der Waals surface area contributed by atoms with Gasteiger partial charge < -0.3 is 9.14 Å². The summed E-state index contributed by atoms with van der Waals surface area (Å²) in [5.41, 5.74) is 3.70. The summed E-state index contributed by atoms with van der Waals surface area (Å²) in [6.07, 6.45) is 1.87. The summed E-state index contributed by atoms with van der Waals surface area (Å²) >= 11 is 0. The van der Waals surface area contributed by atoms with Gasteiger partial charge in [0.05, 0.1) is 18.1 Å². The van der Waals surface area contributed by atoms with Crippen molar-refractivity contribution in [2.45, 2.75) is 4.90 Å². The van der Waals surface area contributed by atoms with E-state index < -0.39 is 10.0 Å². The highest BCUT2D eigenvalue weighted by molar-refractivity contribution is 7.89. The number of aromatic nitrogens is 1. The van der Waals surface area contributed by atoms with Gasteiger partial charge in [-0.25, -0.2) is 8.42 Å². The van der Waals surface area contributed by atoms with Crippen LogP contribution in [-0.4, -0.2) is 49.2 Å². The molecule has 0 aliphatic carbocycles. The van der Waals surface area contributed by atoms with Gasteiger partial charge in [0.15, 0.2) is 0 Å². The Morgan fingerprint density at radius 2 is 1.53 bits per heavy atom. The van der Waals surface area contributed by atoms with Crippen LogP contribution in [0.2, 0.25) is 0 Å². The lowest BCUT2D eigenvalue weighted by molar-refractivity contribution is 0.0730. The zero-order valence-corrected chi connectivity index (χ0v) is 18.2. The van der Waals surface area contributed by atoms with Crippen molar-refractivity contribution in [3.05, 3.63) is 96.3 Å². The second-order valence-corrected chi connectivity index (χ2v) is 9.58. The Balaban J connectivity index is 1.54. The molecule has 7 heteroatoms. The molecule has 0 atom stereocenters. The largest absolute Gasteiger partial charge is 0.379 e. The third-order valence-corrected chi connectivity index (χ3v) is 7.62. The van der Waals surface area contributed by atoms with Crippen molar-refractivity contribution in [1.82, 2.24) is 8.71 Å². The number of ether oxygens (including phenoxy) is 1. The Hall–Kier alpha value is -3.26. The van der Waals surface area contributed by atoms with Gasteiger partial charge in [0.2, 0.25) is 15.8 Å². The van der Waals surface area contributed by atoms with E-state index in [0.717, 1.165) is 16.6 Å². The number of pyridine rings is 1. The fraction of sp³-hybridized carbons (Fsp3) is 0.160. The minimum Gasteiger partial charge on any atom is -0.379 e. The van der Waals surface area contributed by atoms with E-state index >= 15 is 0 Å². The number of sulfonamides is 1. The first-order valence-electron chi connectivity index (χ1n) is 10.4. The molecular weight excluding hydrogens is 424 g/mol. The van der Waals surface area contributed by atoms with E-state index in [1.807, 2.05) is 65.2 Å². The van der Waals surface area contributed by atoms with Crippen molar-refractivity contribution in [3.8, 4) is 11.1 Å². The van der Waals surface area contributed by atoms with Gasteiger partial charge in [-0.15, -0.1) is 0 Å². The Labute approximate surface area is 186 Å². The topological polar surface area (TPSA) is 68.1 Å². The molecule has 1 aliphatic rings. The van der Waals surface area contributed by atoms with Crippen LogP contribution in [0, 0.1) is 0 Å². The van der Waals surface area contributed by atoms with Crippen LogP contribution < -0.4 is 0 Å². The van der Waals surface area contributed by atoms with E-state index in [1.54, 1.807) is 12.1 Å². The van der Waals surface area contributed by atoms with Gasteiger partial charge in [-0.3, -0.25) is 4.79 Å². The molecule has 6 nitrogen and oxygen atoms in total. The Morgan fingerprint density at radius 3 is 2.25 bits per heavy atom. The van der Waals surface area contributed by atoms with E-state index in [0.29, 0.717) is 37.6 Å². The number of hydrogen-bond donors (Lipinski definition) is 0. The van der Waals surface area contributed by atoms with Crippen LogP contribution in [0.15, 0.2) is 90.0 Å². The maximum absolute atomic E-state index is 13.6. The number of fused-ring (bicyclic) bond motifs is 1. The molecule has 1 fully saturated rings. The summed E-state index contributed by atoms with van der Waals surface area (Å²) in [7, 11) is -3.61. The van der Waals surface area contributed by atoms with Crippen LogP contribution in [-0.2, 0) is 14.8 Å². The van der Waals surface area contributed by atoms with Crippen LogP contribution in [0.3, 0.4) is 0 Å². The molecule has 1 saturated heterocycles. The average molecular weight is 447 g/mol. The quantitative estimate of drug-likeness (QED) is 0.437. The summed E-state index contributed by atoms with van der Waals surface area (Å²) in [5.74, 6) is -0.162. The molecule has 1 aliphatic heterocycles. The number of carbonyl (C=O) groups excluding carboxylic acids is 1. The maximum atomic E-state index is 13.6. The first kappa shape index (κ1) is 20.6. The van der Waals surface area contributed by atoms with Gasteiger partial charge in [0.1, 0.15) is 5.69 Å². The van der Waals surface area contributed by atoms with Gasteiger partial charge in [-0.05, 0) is 48.0 Å². The second-order valence-electron chi connectivity index (χ2n) is 7.64. The molecule has 0 spiro atoms. The number of hydrogen-bond acceptors (Lipinski definition) is 4.